The SMILES string of the molecule is C=CS(=O)(=O)N(CC1CO1)C1CCCCC1. The van der Waals surface area contributed by atoms with Gasteiger partial charge in [-0.1, -0.05) is 25.8 Å². The van der Waals surface area contributed by atoms with Crippen molar-refractivity contribution >= 4 is 10.0 Å². The first-order valence-corrected chi connectivity index (χ1v) is 7.39. The molecule has 1 aliphatic carbocycles. The first kappa shape index (κ1) is 12.1. The minimum absolute atomic E-state index is 0.108. The van der Waals surface area contributed by atoms with Crippen molar-refractivity contribution in [3.63, 3.8) is 0 Å². The molecule has 2 fully saturated rings. The van der Waals surface area contributed by atoms with Crippen molar-refractivity contribution < 1.29 is 13.2 Å². The molecule has 0 radical (unpaired) electrons. The molecule has 1 saturated heterocycles. The predicted molar refractivity (Wildman–Crippen MR) is 62.4 cm³/mol. The first-order chi connectivity index (χ1) is 7.63. The third-order valence-corrected chi connectivity index (χ3v) is 4.83. The maximum atomic E-state index is 11.9. The number of rotatable bonds is 5. The molecule has 0 aromatic rings. The second kappa shape index (κ2) is 4.85. The molecule has 0 aromatic carbocycles. The number of hydrogen-bond acceptors (Lipinski definition) is 3. The second-order valence-electron chi connectivity index (χ2n) is 4.53. The molecule has 1 unspecified atom stereocenters. The standard InChI is InChI=1S/C11H19NO3S/c1-2-16(13,14)12(8-11-9-15-11)10-6-4-3-5-7-10/h2,10-11H,1,3-9H2. The van der Waals surface area contributed by atoms with E-state index >= 15 is 0 Å². The summed E-state index contributed by atoms with van der Waals surface area (Å²) in [7, 11) is -3.30. The van der Waals surface area contributed by atoms with E-state index in [-0.39, 0.29) is 12.1 Å². The average Bonchev–Trinajstić information content (AvgIpc) is 3.11. The summed E-state index contributed by atoms with van der Waals surface area (Å²) in [6.07, 6.45) is 5.52. The maximum Gasteiger partial charge on any atom is 0.235 e. The molecular formula is C11H19NO3S. The normalized spacial score (nSPS) is 26.9. The number of epoxide rings is 1. The van der Waals surface area contributed by atoms with Gasteiger partial charge in [0.1, 0.15) is 0 Å². The van der Waals surface area contributed by atoms with E-state index in [0.29, 0.717) is 13.2 Å². The van der Waals surface area contributed by atoms with Gasteiger partial charge in [0.2, 0.25) is 10.0 Å². The number of sulfonamides is 1. The predicted octanol–water partition coefficient (Wildman–Crippen LogP) is 1.49. The van der Waals surface area contributed by atoms with Crippen LogP contribution in [0.1, 0.15) is 32.1 Å². The highest BCUT2D eigenvalue weighted by molar-refractivity contribution is 7.92. The lowest BCUT2D eigenvalue weighted by molar-refractivity contribution is 0.236. The van der Waals surface area contributed by atoms with Gasteiger partial charge in [-0.25, -0.2) is 8.42 Å². The summed E-state index contributed by atoms with van der Waals surface area (Å²) in [6, 6.07) is 0.154. The van der Waals surface area contributed by atoms with E-state index in [0.717, 1.165) is 31.1 Å². The third kappa shape index (κ3) is 2.84. The molecule has 4 nitrogen and oxygen atoms in total. The van der Waals surface area contributed by atoms with Crippen LogP contribution in [-0.2, 0) is 14.8 Å². The van der Waals surface area contributed by atoms with Gasteiger partial charge in [0.25, 0.3) is 0 Å². The molecule has 92 valence electrons. The van der Waals surface area contributed by atoms with Crippen LogP contribution in [0.4, 0.5) is 0 Å². The van der Waals surface area contributed by atoms with Gasteiger partial charge in [-0.05, 0) is 12.8 Å². The molecule has 2 rings (SSSR count). The van der Waals surface area contributed by atoms with Gasteiger partial charge in [0, 0.05) is 18.0 Å². The number of hydrogen-bond donors (Lipinski definition) is 0. The van der Waals surface area contributed by atoms with E-state index < -0.39 is 10.0 Å². The Bertz CT molecular complexity index is 342. The van der Waals surface area contributed by atoms with Crippen molar-refractivity contribution in [1.82, 2.24) is 4.31 Å². The second-order valence-corrected chi connectivity index (χ2v) is 6.36. The quantitative estimate of drug-likeness (QED) is 0.690. The summed E-state index contributed by atoms with van der Waals surface area (Å²) in [5, 5.41) is 1.06. The van der Waals surface area contributed by atoms with Crippen LogP contribution < -0.4 is 0 Å². The molecule has 0 amide bonds. The zero-order chi connectivity index (χ0) is 11.6. The van der Waals surface area contributed by atoms with Crippen LogP contribution in [0.2, 0.25) is 0 Å². The maximum absolute atomic E-state index is 11.9. The largest absolute Gasteiger partial charge is 0.372 e. The van der Waals surface area contributed by atoms with Crippen molar-refractivity contribution in [2.24, 2.45) is 0 Å². The molecule has 5 heteroatoms. The van der Waals surface area contributed by atoms with E-state index in [1.54, 1.807) is 4.31 Å². The minimum atomic E-state index is -3.30. The van der Waals surface area contributed by atoms with Crippen molar-refractivity contribution in [2.45, 2.75) is 44.2 Å². The Hall–Kier alpha value is -0.390. The van der Waals surface area contributed by atoms with E-state index in [1.807, 2.05) is 0 Å². The molecule has 1 saturated carbocycles. The Morgan fingerprint density at radius 2 is 1.94 bits per heavy atom. The molecule has 0 bridgehead atoms. The zero-order valence-corrected chi connectivity index (χ0v) is 10.3. The van der Waals surface area contributed by atoms with Crippen molar-refractivity contribution in [1.29, 1.82) is 0 Å². The van der Waals surface area contributed by atoms with Gasteiger partial charge >= 0.3 is 0 Å². The summed E-state index contributed by atoms with van der Waals surface area (Å²) in [6.45, 7) is 4.59. The molecule has 1 atom stereocenters. The van der Waals surface area contributed by atoms with Crippen LogP contribution in [-0.4, -0.2) is 38.0 Å². The highest BCUT2D eigenvalue weighted by Crippen LogP contribution is 2.27. The molecule has 1 aliphatic heterocycles. The lowest BCUT2D eigenvalue weighted by Crippen LogP contribution is -2.42. The van der Waals surface area contributed by atoms with Gasteiger partial charge in [-0.15, -0.1) is 0 Å². The van der Waals surface area contributed by atoms with Crippen LogP contribution in [0.5, 0.6) is 0 Å². The zero-order valence-electron chi connectivity index (χ0n) is 9.47. The average molecular weight is 245 g/mol. The third-order valence-electron chi connectivity index (χ3n) is 3.31. The van der Waals surface area contributed by atoms with Crippen LogP contribution in [0, 0.1) is 0 Å². The Morgan fingerprint density at radius 3 is 2.44 bits per heavy atom. The van der Waals surface area contributed by atoms with Crippen molar-refractivity contribution in [2.75, 3.05) is 13.2 Å². The summed E-state index contributed by atoms with van der Waals surface area (Å²) < 4.78 is 30.6. The fourth-order valence-corrected chi connectivity index (χ4v) is 3.49. The highest BCUT2D eigenvalue weighted by Gasteiger charge is 2.35. The highest BCUT2D eigenvalue weighted by atomic mass is 32.2. The Labute approximate surface area is 97.3 Å². The smallest absolute Gasteiger partial charge is 0.235 e. The molecule has 0 aromatic heterocycles. The molecule has 0 N–H and O–H groups in total. The van der Waals surface area contributed by atoms with E-state index in [1.165, 1.54) is 6.42 Å². The van der Waals surface area contributed by atoms with Gasteiger partial charge in [0.05, 0.1) is 12.7 Å². The Kier molecular flexibility index (Phi) is 3.66. The van der Waals surface area contributed by atoms with Gasteiger partial charge in [-0.2, -0.15) is 4.31 Å². The van der Waals surface area contributed by atoms with Crippen LogP contribution in [0.15, 0.2) is 12.0 Å². The fraction of sp³-hybridized carbons (Fsp3) is 0.818. The van der Waals surface area contributed by atoms with E-state index in [4.69, 9.17) is 4.74 Å². The minimum Gasteiger partial charge on any atom is -0.372 e. The molecule has 1 heterocycles. The summed E-state index contributed by atoms with van der Waals surface area (Å²) in [4.78, 5) is 0. The molecular weight excluding hydrogens is 226 g/mol. The first-order valence-electron chi connectivity index (χ1n) is 5.89. The Balaban J connectivity index is 2.08. The fourth-order valence-electron chi connectivity index (χ4n) is 2.30. The van der Waals surface area contributed by atoms with Gasteiger partial charge in [0.15, 0.2) is 0 Å². The lowest BCUT2D eigenvalue weighted by atomic mass is 9.95. The number of ether oxygens (including phenoxy) is 1. The van der Waals surface area contributed by atoms with Crippen molar-refractivity contribution in [3.8, 4) is 0 Å². The molecule has 0 spiro atoms. The van der Waals surface area contributed by atoms with Crippen molar-refractivity contribution in [3.05, 3.63) is 12.0 Å². The monoisotopic (exact) mass is 245 g/mol. The van der Waals surface area contributed by atoms with Gasteiger partial charge < -0.3 is 4.74 Å². The van der Waals surface area contributed by atoms with Crippen LogP contribution in [0.3, 0.4) is 0 Å². The molecule has 16 heavy (non-hydrogen) atoms. The van der Waals surface area contributed by atoms with E-state index in [2.05, 4.69) is 6.58 Å². The van der Waals surface area contributed by atoms with E-state index in [9.17, 15) is 8.42 Å². The summed E-state index contributed by atoms with van der Waals surface area (Å²) in [5.41, 5.74) is 0. The van der Waals surface area contributed by atoms with Crippen LogP contribution in [0.25, 0.3) is 0 Å². The lowest BCUT2D eigenvalue weighted by Gasteiger charge is -2.32. The van der Waals surface area contributed by atoms with Gasteiger partial charge in [-0.3, -0.25) is 0 Å². The summed E-state index contributed by atoms with van der Waals surface area (Å²) in [5.74, 6) is 0. The van der Waals surface area contributed by atoms with Crippen LogP contribution >= 0.6 is 0 Å². The summed E-state index contributed by atoms with van der Waals surface area (Å²) >= 11 is 0. The molecule has 2 aliphatic rings. The number of nitrogens with zero attached hydrogens (tertiary/aromatic N) is 1. The topological polar surface area (TPSA) is 49.9 Å². The Morgan fingerprint density at radius 1 is 1.31 bits per heavy atom.